The molecule has 0 fully saturated rings. The highest BCUT2D eigenvalue weighted by molar-refractivity contribution is 7.14. The predicted octanol–water partition coefficient (Wildman–Crippen LogP) is 5.69. The summed E-state index contributed by atoms with van der Waals surface area (Å²) in [6, 6.07) is 4.45. The highest BCUT2D eigenvalue weighted by Crippen LogP contribution is 2.42. The molecule has 4 nitrogen and oxygen atoms in total. The molecule has 34 heavy (non-hydrogen) atoms. The molecule has 2 N–H and O–H groups in total. The van der Waals surface area contributed by atoms with Crippen molar-refractivity contribution >= 4 is 23.0 Å². The molecule has 0 saturated carbocycles. The number of thiophene rings is 1. The second-order valence-corrected chi connectivity index (χ2v) is 11.7. The first kappa shape index (κ1) is 26.6. The molecule has 0 atom stereocenters. The molecule has 1 aliphatic carbocycles. The van der Waals surface area contributed by atoms with Gasteiger partial charge in [0.25, 0.3) is 0 Å². The number of carbonyl (C=O) groups excluding carboxylic acids is 2. The van der Waals surface area contributed by atoms with E-state index in [1.165, 1.54) is 38.3 Å². The number of aliphatic hydroxyl groups is 1. The second-order valence-electron chi connectivity index (χ2n) is 10.6. The molecule has 2 aromatic rings. The Morgan fingerprint density at radius 3 is 2.44 bits per heavy atom. The van der Waals surface area contributed by atoms with Crippen LogP contribution in [0, 0.1) is 19.3 Å². The van der Waals surface area contributed by atoms with Crippen LogP contribution in [0.25, 0.3) is 0 Å². The van der Waals surface area contributed by atoms with Gasteiger partial charge in [0, 0.05) is 24.3 Å². The third-order valence-corrected chi connectivity index (χ3v) is 8.60. The van der Waals surface area contributed by atoms with Crippen LogP contribution in [0.2, 0.25) is 0 Å². The van der Waals surface area contributed by atoms with Crippen LogP contribution in [0.15, 0.2) is 12.1 Å². The number of nitrogens with one attached hydrogen (secondary N) is 1. The van der Waals surface area contributed by atoms with Crippen LogP contribution in [0.4, 0.5) is 0 Å². The minimum Gasteiger partial charge on any atom is -0.396 e. The van der Waals surface area contributed by atoms with Gasteiger partial charge in [-0.05, 0) is 97.6 Å². The number of Topliss-reactive ketones (excluding diaryl/α,β-unsaturated/α-hetero) is 1. The van der Waals surface area contributed by atoms with Crippen molar-refractivity contribution in [2.75, 3.05) is 13.2 Å². The van der Waals surface area contributed by atoms with Gasteiger partial charge >= 0.3 is 0 Å². The Kier molecular flexibility index (Phi) is 9.11. The smallest absolute Gasteiger partial charge is 0.222 e. The predicted molar refractivity (Wildman–Crippen MR) is 141 cm³/mol. The topological polar surface area (TPSA) is 66.4 Å². The zero-order valence-electron chi connectivity index (χ0n) is 21.6. The van der Waals surface area contributed by atoms with Gasteiger partial charge in [0.1, 0.15) is 0 Å². The molecule has 1 aromatic heterocycles. The highest BCUT2D eigenvalue weighted by atomic mass is 32.1. The van der Waals surface area contributed by atoms with E-state index in [1.807, 2.05) is 0 Å². The molecule has 1 aromatic carbocycles. The summed E-state index contributed by atoms with van der Waals surface area (Å²) in [6.07, 6.45) is 7.59. The van der Waals surface area contributed by atoms with E-state index in [-0.39, 0.29) is 18.9 Å². The van der Waals surface area contributed by atoms with E-state index in [4.69, 9.17) is 5.11 Å². The summed E-state index contributed by atoms with van der Waals surface area (Å²) in [5.41, 5.74) is 8.22. The summed E-state index contributed by atoms with van der Waals surface area (Å²) in [5, 5.41) is 11.7. The van der Waals surface area contributed by atoms with E-state index in [9.17, 15) is 9.59 Å². The minimum atomic E-state index is -0.110. The fourth-order valence-corrected chi connectivity index (χ4v) is 6.51. The van der Waals surface area contributed by atoms with Crippen molar-refractivity contribution in [3.05, 3.63) is 55.3 Å². The molecule has 3 rings (SSSR count). The van der Waals surface area contributed by atoms with Crippen LogP contribution in [-0.4, -0.2) is 29.9 Å². The summed E-state index contributed by atoms with van der Waals surface area (Å²) < 4.78 is 0. The van der Waals surface area contributed by atoms with Gasteiger partial charge in [-0.2, -0.15) is 0 Å². The fourth-order valence-electron chi connectivity index (χ4n) is 5.24. The standard InChI is InChI=1S/C29H41NO3S/c1-6-26-24-18-29(4,5)13-11-23(24)28(34-26)25(32)10-9-21-16-19(2)22(20(3)17-21)8-7-14-30-27(33)12-15-31/h16-17,31H,6-15,18H2,1-5H3,(H,30,33). The first-order valence-corrected chi connectivity index (χ1v) is 13.6. The molecule has 1 heterocycles. The maximum absolute atomic E-state index is 13.3. The van der Waals surface area contributed by atoms with Gasteiger partial charge in [-0.3, -0.25) is 9.59 Å². The molecule has 0 unspecified atom stereocenters. The normalized spacial score (nSPS) is 14.6. The van der Waals surface area contributed by atoms with Gasteiger partial charge < -0.3 is 10.4 Å². The molecule has 0 aliphatic heterocycles. The quantitative estimate of drug-likeness (QED) is 0.319. The number of hydrogen-bond donors (Lipinski definition) is 2. The Labute approximate surface area is 209 Å². The van der Waals surface area contributed by atoms with E-state index in [2.05, 4.69) is 52.1 Å². The number of aryl methyl sites for hydroxylation is 4. The number of benzene rings is 1. The molecule has 0 radical (unpaired) electrons. The van der Waals surface area contributed by atoms with Gasteiger partial charge in [0.15, 0.2) is 5.78 Å². The molecule has 0 bridgehead atoms. The molecule has 1 amide bonds. The molecular formula is C29H41NO3S. The van der Waals surface area contributed by atoms with Crippen LogP contribution < -0.4 is 5.32 Å². The number of carbonyl (C=O) groups is 2. The van der Waals surface area contributed by atoms with Crippen molar-refractivity contribution in [2.45, 2.75) is 92.4 Å². The van der Waals surface area contributed by atoms with Crippen molar-refractivity contribution in [3.63, 3.8) is 0 Å². The molecule has 186 valence electrons. The summed E-state index contributed by atoms with van der Waals surface area (Å²) in [6.45, 7) is 11.7. The summed E-state index contributed by atoms with van der Waals surface area (Å²) in [4.78, 5) is 27.2. The maximum atomic E-state index is 13.3. The van der Waals surface area contributed by atoms with Crippen LogP contribution >= 0.6 is 11.3 Å². The minimum absolute atomic E-state index is 0.0993. The summed E-state index contributed by atoms with van der Waals surface area (Å²) >= 11 is 1.75. The summed E-state index contributed by atoms with van der Waals surface area (Å²) in [5.74, 6) is 0.205. The average molecular weight is 484 g/mol. The molecule has 1 aliphatic rings. The van der Waals surface area contributed by atoms with Crippen molar-refractivity contribution < 1.29 is 14.7 Å². The molecular weight excluding hydrogens is 442 g/mol. The first-order chi connectivity index (χ1) is 16.1. The lowest BCUT2D eigenvalue weighted by molar-refractivity contribution is -0.121. The highest BCUT2D eigenvalue weighted by Gasteiger charge is 2.31. The molecule has 0 saturated heterocycles. The van der Waals surface area contributed by atoms with Crippen LogP contribution in [-0.2, 0) is 36.9 Å². The van der Waals surface area contributed by atoms with E-state index >= 15 is 0 Å². The van der Waals surface area contributed by atoms with Crippen molar-refractivity contribution in [1.82, 2.24) is 5.32 Å². The SMILES string of the molecule is CCc1sc(C(=O)CCc2cc(C)c(CCCNC(=O)CCO)c(C)c2)c2c1CC(C)(C)CC2. The van der Waals surface area contributed by atoms with Gasteiger partial charge in [0.2, 0.25) is 5.91 Å². The van der Waals surface area contributed by atoms with E-state index in [1.54, 1.807) is 11.3 Å². The van der Waals surface area contributed by atoms with Crippen molar-refractivity contribution in [2.24, 2.45) is 5.41 Å². The fraction of sp³-hybridized carbons (Fsp3) is 0.586. The lowest BCUT2D eigenvalue weighted by Gasteiger charge is -2.30. The Morgan fingerprint density at radius 1 is 1.09 bits per heavy atom. The maximum Gasteiger partial charge on any atom is 0.222 e. The molecule has 0 spiro atoms. The zero-order valence-corrected chi connectivity index (χ0v) is 22.4. The number of aliphatic hydroxyl groups excluding tert-OH is 1. The molecule has 5 heteroatoms. The number of amides is 1. The Balaban J connectivity index is 1.61. The second kappa shape index (κ2) is 11.6. The van der Waals surface area contributed by atoms with Gasteiger partial charge in [-0.25, -0.2) is 0 Å². The van der Waals surface area contributed by atoms with Gasteiger partial charge in [-0.1, -0.05) is 32.9 Å². The zero-order chi connectivity index (χ0) is 24.9. The van der Waals surface area contributed by atoms with Crippen LogP contribution in [0.1, 0.15) is 94.4 Å². The summed E-state index contributed by atoms with van der Waals surface area (Å²) in [7, 11) is 0. The van der Waals surface area contributed by atoms with Crippen molar-refractivity contribution in [1.29, 1.82) is 0 Å². The lowest BCUT2D eigenvalue weighted by Crippen LogP contribution is -2.25. The van der Waals surface area contributed by atoms with Gasteiger partial charge in [-0.15, -0.1) is 11.3 Å². The monoisotopic (exact) mass is 483 g/mol. The number of ketones is 1. The van der Waals surface area contributed by atoms with Crippen LogP contribution in [0.5, 0.6) is 0 Å². The first-order valence-electron chi connectivity index (χ1n) is 12.8. The Bertz CT molecular complexity index is 1010. The third-order valence-electron chi connectivity index (χ3n) is 7.14. The van der Waals surface area contributed by atoms with Crippen molar-refractivity contribution in [3.8, 4) is 0 Å². The number of rotatable bonds is 11. The largest absolute Gasteiger partial charge is 0.396 e. The van der Waals surface area contributed by atoms with E-state index in [0.717, 1.165) is 49.8 Å². The van der Waals surface area contributed by atoms with Gasteiger partial charge in [0.05, 0.1) is 11.5 Å². The Hall–Kier alpha value is -1.98. The Morgan fingerprint density at radius 2 is 1.79 bits per heavy atom. The van der Waals surface area contributed by atoms with E-state index in [0.29, 0.717) is 24.2 Å². The van der Waals surface area contributed by atoms with Crippen LogP contribution in [0.3, 0.4) is 0 Å². The average Bonchev–Trinajstić information content (AvgIpc) is 3.13. The lowest BCUT2D eigenvalue weighted by atomic mass is 9.74. The van der Waals surface area contributed by atoms with E-state index < -0.39 is 0 Å². The number of hydrogen-bond acceptors (Lipinski definition) is 4. The number of fused-ring (bicyclic) bond motifs is 1. The third kappa shape index (κ3) is 6.57.